The minimum atomic E-state index is 0.294. The van der Waals surface area contributed by atoms with Crippen molar-refractivity contribution in [3.8, 4) is 0 Å². The van der Waals surface area contributed by atoms with Crippen molar-refractivity contribution in [3.63, 3.8) is 0 Å². The minimum absolute atomic E-state index is 0.294. The maximum Gasteiger partial charge on any atom is 0.137 e. The van der Waals surface area contributed by atoms with Crippen LogP contribution >= 0.6 is 0 Å². The fourth-order valence-corrected chi connectivity index (χ4v) is 2.70. The second kappa shape index (κ2) is 5.95. The van der Waals surface area contributed by atoms with Gasteiger partial charge in [0.1, 0.15) is 17.5 Å². The molecule has 2 heterocycles. The van der Waals surface area contributed by atoms with Gasteiger partial charge in [0.25, 0.3) is 0 Å². The van der Waals surface area contributed by atoms with E-state index in [1.165, 1.54) is 12.8 Å². The molecule has 1 aliphatic heterocycles. The Morgan fingerprint density at radius 1 is 1.25 bits per heavy atom. The third kappa shape index (κ3) is 3.03. The zero-order chi connectivity index (χ0) is 14.9. The van der Waals surface area contributed by atoms with Crippen LogP contribution in [0.25, 0.3) is 0 Å². The topological polar surface area (TPSA) is 58.3 Å². The number of nitrogen functional groups attached to an aromatic ring is 1. The molecule has 2 rings (SSSR count). The Labute approximate surface area is 122 Å². The first-order valence-electron chi connectivity index (χ1n) is 7.45. The number of piperidine rings is 1. The molecule has 112 valence electrons. The van der Waals surface area contributed by atoms with E-state index < -0.39 is 0 Å². The molecule has 0 radical (unpaired) electrons. The van der Waals surface area contributed by atoms with E-state index >= 15 is 0 Å². The highest BCUT2D eigenvalue weighted by Crippen LogP contribution is 2.27. The molecular formula is C15H27N5. The van der Waals surface area contributed by atoms with E-state index in [1.807, 2.05) is 6.92 Å². The third-order valence-corrected chi connectivity index (χ3v) is 4.26. The lowest BCUT2D eigenvalue weighted by molar-refractivity contribution is 0.252. The molecule has 1 aliphatic rings. The average molecular weight is 277 g/mol. The number of likely N-dealkylation sites (tertiary alicyclic amines) is 1. The molecule has 0 aromatic carbocycles. The molecule has 0 amide bonds. The fraction of sp³-hybridized carbons (Fsp3) is 0.733. The van der Waals surface area contributed by atoms with Crippen molar-refractivity contribution in [3.05, 3.63) is 11.4 Å². The SMILES string of the molecule is Cc1c(N)nc(C(C)C)nc1N(C)C1CCN(C)CC1. The van der Waals surface area contributed by atoms with Gasteiger partial charge in [0.2, 0.25) is 0 Å². The van der Waals surface area contributed by atoms with Gasteiger partial charge in [0, 0.05) is 24.6 Å². The fourth-order valence-electron chi connectivity index (χ4n) is 2.70. The lowest BCUT2D eigenvalue weighted by Crippen LogP contribution is -2.42. The summed E-state index contributed by atoms with van der Waals surface area (Å²) in [4.78, 5) is 13.8. The first kappa shape index (κ1) is 15.0. The van der Waals surface area contributed by atoms with Gasteiger partial charge in [-0.1, -0.05) is 13.8 Å². The zero-order valence-electron chi connectivity index (χ0n) is 13.3. The molecule has 5 nitrogen and oxygen atoms in total. The molecule has 0 bridgehead atoms. The highest BCUT2D eigenvalue weighted by molar-refractivity contribution is 5.56. The average Bonchev–Trinajstić information content (AvgIpc) is 2.41. The minimum Gasteiger partial charge on any atom is -0.383 e. The van der Waals surface area contributed by atoms with Gasteiger partial charge in [0.05, 0.1) is 0 Å². The van der Waals surface area contributed by atoms with E-state index in [-0.39, 0.29) is 0 Å². The Bertz CT molecular complexity index is 464. The van der Waals surface area contributed by atoms with Crippen LogP contribution in [0, 0.1) is 6.92 Å². The van der Waals surface area contributed by atoms with E-state index in [1.54, 1.807) is 0 Å². The van der Waals surface area contributed by atoms with Gasteiger partial charge in [-0.25, -0.2) is 9.97 Å². The van der Waals surface area contributed by atoms with Crippen LogP contribution in [0.2, 0.25) is 0 Å². The van der Waals surface area contributed by atoms with Gasteiger partial charge in [-0.15, -0.1) is 0 Å². The summed E-state index contributed by atoms with van der Waals surface area (Å²) >= 11 is 0. The van der Waals surface area contributed by atoms with Crippen LogP contribution in [0.5, 0.6) is 0 Å². The Morgan fingerprint density at radius 2 is 1.85 bits per heavy atom. The molecule has 0 saturated carbocycles. The number of aromatic nitrogens is 2. The number of rotatable bonds is 3. The number of nitrogens with zero attached hydrogens (tertiary/aromatic N) is 4. The van der Waals surface area contributed by atoms with E-state index in [0.717, 1.165) is 30.3 Å². The largest absolute Gasteiger partial charge is 0.383 e. The summed E-state index contributed by atoms with van der Waals surface area (Å²) in [5, 5.41) is 0. The van der Waals surface area contributed by atoms with Crippen LogP contribution in [0.1, 0.15) is 44.0 Å². The Kier molecular flexibility index (Phi) is 4.48. The molecule has 0 atom stereocenters. The summed E-state index contributed by atoms with van der Waals surface area (Å²) in [6.07, 6.45) is 2.35. The van der Waals surface area contributed by atoms with Crippen molar-refractivity contribution < 1.29 is 0 Å². The predicted octanol–water partition coefficient (Wildman–Crippen LogP) is 2.02. The van der Waals surface area contributed by atoms with Gasteiger partial charge in [-0.2, -0.15) is 0 Å². The summed E-state index contributed by atoms with van der Waals surface area (Å²) in [6, 6.07) is 0.541. The molecule has 0 spiro atoms. The number of hydrogen-bond donors (Lipinski definition) is 1. The van der Waals surface area contributed by atoms with E-state index in [2.05, 4.69) is 42.7 Å². The van der Waals surface area contributed by atoms with Gasteiger partial charge in [-0.3, -0.25) is 0 Å². The van der Waals surface area contributed by atoms with Crippen molar-refractivity contribution in [1.82, 2.24) is 14.9 Å². The van der Waals surface area contributed by atoms with Crippen LogP contribution in [0.15, 0.2) is 0 Å². The van der Waals surface area contributed by atoms with Gasteiger partial charge in [0.15, 0.2) is 0 Å². The van der Waals surface area contributed by atoms with Crippen LogP contribution in [0.4, 0.5) is 11.6 Å². The summed E-state index contributed by atoms with van der Waals surface area (Å²) in [7, 11) is 4.32. The summed E-state index contributed by atoms with van der Waals surface area (Å²) in [5.41, 5.74) is 7.06. The Morgan fingerprint density at radius 3 is 2.40 bits per heavy atom. The molecule has 1 saturated heterocycles. The van der Waals surface area contributed by atoms with Crippen molar-refractivity contribution in [2.75, 3.05) is 37.8 Å². The van der Waals surface area contributed by atoms with Crippen molar-refractivity contribution in [2.45, 2.75) is 45.6 Å². The van der Waals surface area contributed by atoms with Crippen molar-refractivity contribution in [2.24, 2.45) is 0 Å². The summed E-state index contributed by atoms with van der Waals surface area (Å²) < 4.78 is 0. The van der Waals surface area contributed by atoms with Crippen molar-refractivity contribution >= 4 is 11.6 Å². The standard InChI is InChI=1S/C15H27N5/c1-10(2)14-17-13(16)11(3)15(18-14)20(5)12-6-8-19(4)9-7-12/h10,12H,6-9H2,1-5H3,(H2,16,17,18). The lowest BCUT2D eigenvalue weighted by atomic mass is 10.0. The highest BCUT2D eigenvalue weighted by Gasteiger charge is 2.24. The second-order valence-electron chi connectivity index (χ2n) is 6.22. The van der Waals surface area contributed by atoms with E-state index in [4.69, 9.17) is 10.7 Å². The predicted molar refractivity (Wildman–Crippen MR) is 84.2 cm³/mol. The Balaban J connectivity index is 2.26. The molecule has 0 unspecified atom stereocenters. The first-order valence-corrected chi connectivity index (χ1v) is 7.45. The molecule has 1 fully saturated rings. The van der Waals surface area contributed by atoms with Crippen LogP contribution in [0.3, 0.4) is 0 Å². The smallest absolute Gasteiger partial charge is 0.137 e. The highest BCUT2D eigenvalue weighted by atomic mass is 15.2. The molecule has 0 aliphatic carbocycles. The molecule has 1 aromatic rings. The molecule has 2 N–H and O–H groups in total. The van der Waals surface area contributed by atoms with Crippen LogP contribution in [-0.4, -0.2) is 48.1 Å². The maximum atomic E-state index is 6.06. The van der Waals surface area contributed by atoms with E-state index in [0.29, 0.717) is 17.8 Å². The number of anilines is 2. The molecular weight excluding hydrogens is 250 g/mol. The van der Waals surface area contributed by atoms with Gasteiger partial charge < -0.3 is 15.5 Å². The Hall–Kier alpha value is -1.36. The summed E-state index contributed by atoms with van der Waals surface area (Å²) in [6.45, 7) is 8.50. The quantitative estimate of drug-likeness (QED) is 0.916. The summed E-state index contributed by atoms with van der Waals surface area (Å²) in [5.74, 6) is 2.74. The normalized spacial score (nSPS) is 17.7. The lowest BCUT2D eigenvalue weighted by Gasteiger charge is -2.36. The van der Waals surface area contributed by atoms with Crippen LogP contribution in [-0.2, 0) is 0 Å². The zero-order valence-corrected chi connectivity index (χ0v) is 13.3. The number of nitrogens with two attached hydrogens (primary N) is 1. The monoisotopic (exact) mass is 277 g/mol. The first-order chi connectivity index (χ1) is 9.40. The molecule has 20 heavy (non-hydrogen) atoms. The van der Waals surface area contributed by atoms with E-state index in [9.17, 15) is 0 Å². The number of hydrogen-bond acceptors (Lipinski definition) is 5. The van der Waals surface area contributed by atoms with Crippen molar-refractivity contribution in [1.29, 1.82) is 0 Å². The van der Waals surface area contributed by atoms with Gasteiger partial charge >= 0.3 is 0 Å². The van der Waals surface area contributed by atoms with Gasteiger partial charge in [-0.05, 0) is 39.9 Å². The third-order valence-electron chi connectivity index (χ3n) is 4.26. The second-order valence-corrected chi connectivity index (χ2v) is 6.22. The van der Waals surface area contributed by atoms with Crippen LogP contribution < -0.4 is 10.6 Å². The molecule has 1 aromatic heterocycles. The maximum absolute atomic E-state index is 6.06. The molecule has 5 heteroatoms.